The molecule has 0 aromatic heterocycles. The topological polar surface area (TPSA) is 26.0 Å². The fraction of sp³-hybridized carbons (Fsp3) is 0.250. The van der Waals surface area contributed by atoms with Gasteiger partial charge in [-0.3, -0.25) is 0 Å². The third kappa shape index (κ3) is 3.01. The molecule has 2 N–H and O–H groups in total. The summed E-state index contributed by atoms with van der Waals surface area (Å²) in [4.78, 5) is 0. The van der Waals surface area contributed by atoms with E-state index in [2.05, 4.69) is 66.2 Å². The Bertz CT molecular complexity index is 534. The van der Waals surface area contributed by atoms with E-state index in [1.165, 1.54) is 22.3 Å². The van der Waals surface area contributed by atoms with E-state index in [4.69, 9.17) is 5.73 Å². The van der Waals surface area contributed by atoms with Crippen LogP contribution in [0.3, 0.4) is 0 Å². The summed E-state index contributed by atoms with van der Waals surface area (Å²) in [6.07, 6.45) is 0.863. The molecule has 2 heteroatoms. The highest BCUT2D eigenvalue weighted by Crippen LogP contribution is 2.28. The molecule has 0 bridgehead atoms. The first-order valence-corrected chi connectivity index (χ1v) is 6.93. The van der Waals surface area contributed by atoms with Gasteiger partial charge in [0.15, 0.2) is 0 Å². The molecule has 94 valence electrons. The molecule has 1 nitrogen and oxygen atoms in total. The lowest BCUT2D eigenvalue weighted by Crippen LogP contribution is -2.14. The summed E-state index contributed by atoms with van der Waals surface area (Å²) in [6.45, 7) is 4.22. The summed E-state index contributed by atoms with van der Waals surface area (Å²) in [7, 11) is 0. The molecule has 0 aliphatic rings. The number of nitrogens with two attached hydrogens (primary N) is 1. The van der Waals surface area contributed by atoms with Crippen LogP contribution < -0.4 is 5.73 Å². The van der Waals surface area contributed by atoms with E-state index < -0.39 is 0 Å². The predicted molar refractivity (Wildman–Crippen MR) is 80.7 cm³/mol. The molecule has 0 saturated carbocycles. The third-order valence-electron chi connectivity index (χ3n) is 3.12. The van der Waals surface area contributed by atoms with Crippen LogP contribution >= 0.6 is 15.9 Å². The van der Waals surface area contributed by atoms with Crippen molar-refractivity contribution in [1.82, 2.24) is 0 Å². The van der Waals surface area contributed by atoms with Crippen molar-refractivity contribution in [3.05, 3.63) is 69.2 Å². The first kappa shape index (κ1) is 13.3. The molecule has 2 aromatic rings. The molecule has 1 unspecified atom stereocenters. The van der Waals surface area contributed by atoms with Gasteiger partial charge < -0.3 is 5.73 Å². The Kier molecular flexibility index (Phi) is 4.20. The first-order valence-electron chi connectivity index (χ1n) is 6.14. The standard InChI is InChI=1S/C16H18BrN/c1-11-8-12(2)16(17)14(9-11)15(18)10-13-6-4-3-5-7-13/h3-9,15H,10,18H2,1-2H3. The monoisotopic (exact) mass is 303 g/mol. The van der Waals surface area contributed by atoms with Gasteiger partial charge in [0.2, 0.25) is 0 Å². The molecule has 1 atom stereocenters. The maximum atomic E-state index is 6.34. The molecule has 0 aliphatic carbocycles. The van der Waals surface area contributed by atoms with E-state index >= 15 is 0 Å². The van der Waals surface area contributed by atoms with Crippen LogP contribution in [0.25, 0.3) is 0 Å². The lowest BCUT2D eigenvalue weighted by molar-refractivity contribution is 0.716. The van der Waals surface area contributed by atoms with Crippen LogP contribution in [0.1, 0.15) is 28.3 Å². The molecule has 2 rings (SSSR count). The maximum absolute atomic E-state index is 6.34. The molecule has 0 fully saturated rings. The number of hydrogen-bond donors (Lipinski definition) is 1. The van der Waals surface area contributed by atoms with Crippen molar-refractivity contribution in [1.29, 1.82) is 0 Å². The molecule has 0 radical (unpaired) electrons. The molecule has 2 aromatic carbocycles. The second-order valence-electron chi connectivity index (χ2n) is 4.78. The van der Waals surface area contributed by atoms with Gasteiger partial charge in [0.25, 0.3) is 0 Å². The Morgan fingerprint density at radius 1 is 1.11 bits per heavy atom. The number of halogens is 1. The van der Waals surface area contributed by atoms with Crippen molar-refractivity contribution in [2.45, 2.75) is 26.3 Å². The van der Waals surface area contributed by atoms with Crippen LogP contribution in [0.15, 0.2) is 46.9 Å². The first-order chi connectivity index (χ1) is 8.58. The van der Waals surface area contributed by atoms with E-state index in [1.54, 1.807) is 0 Å². The fourth-order valence-electron chi connectivity index (χ4n) is 2.23. The van der Waals surface area contributed by atoms with Crippen LogP contribution in [0.5, 0.6) is 0 Å². The maximum Gasteiger partial charge on any atom is 0.0347 e. The quantitative estimate of drug-likeness (QED) is 0.898. The van der Waals surface area contributed by atoms with Gasteiger partial charge in [-0.1, -0.05) is 64.0 Å². The molecule has 0 amide bonds. The van der Waals surface area contributed by atoms with Crippen molar-refractivity contribution in [3.63, 3.8) is 0 Å². The summed E-state index contributed by atoms with van der Waals surface area (Å²) in [5, 5.41) is 0. The zero-order valence-electron chi connectivity index (χ0n) is 10.8. The Morgan fingerprint density at radius 2 is 1.78 bits per heavy atom. The zero-order chi connectivity index (χ0) is 13.1. The van der Waals surface area contributed by atoms with Crippen LogP contribution in [0.2, 0.25) is 0 Å². The minimum atomic E-state index is 0.0281. The smallest absolute Gasteiger partial charge is 0.0347 e. The number of rotatable bonds is 3. The lowest BCUT2D eigenvalue weighted by atomic mass is 9.97. The van der Waals surface area contributed by atoms with E-state index in [-0.39, 0.29) is 6.04 Å². The van der Waals surface area contributed by atoms with E-state index in [1.807, 2.05) is 6.07 Å². The molecular weight excluding hydrogens is 286 g/mol. The highest BCUT2D eigenvalue weighted by molar-refractivity contribution is 9.10. The van der Waals surface area contributed by atoms with Gasteiger partial charge in [0.1, 0.15) is 0 Å². The minimum absolute atomic E-state index is 0.0281. The molecule has 0 saturated heterocycles. The van der Waals surface area contributed by atoms with Crippen molar-refractivity contribution in [2.24, 2.45) is 5.73 Å². The summed E-state index contributed by atoms with van der Waals surface area (Å²) in [5.41, 5.74) is 11.3. The Hall–Kier alpha value is -1.12. The Labute approximate surface area is 117 Å². The van der Waals surface area contributed by atoms with Crippen molar-refractivity contribution < 1.29 is 0 Å². The zero-order valence-corrected chi connectivity index (χ0v) is 12.4. The van der Waals surface area contributed by atoms with Gasteiger partial charge >= 0.3 is 0 Å². The summed E-state index contributed by atoms with van der Waals surface area (Å²) in [5.74, 6) is 0. The molecule has 0 spiro atoms. The summed E-state index contributed by atoms with van der Waals surface area (Å²) < 4.78 is 1.14. The highest BCUT2D eigenvalue weighted by atomic mass is 79.9. The van der Waals surface area contributed by atoms with Gasteiger partial charge in [-0.05, 0) is 37.0 Å². The largest absolute Gasteiger partial charge is 0.324 e. The molecule has 0 aliphatic heterocycles. The lowest BCUT2D eigenvalue weighted by Gasteiger charge is -2.16. The fourth-order valence-corrected chi connectivity index (χ4v) is 2.75. The second kappa shape index (κ2) is 5.68. The van der Waals surface area contributed by atoms with E-state index in [9.17, 15) is 0 Å². The second-order valence-corrected chi connectivity index (χ2v) is 5.57. The highest BCUT2D eigenvalue weighted by Gasteiger charge is 2.12. The molecular formula is C16H18BrN. The molecule has 18 heavy (non-hydrogen) atoms. The van der Waals surface area contributed by atoms with Gasteiger partial charge in [-0.25, -0.2) is 0 Å². The van der Waals surface area contributed by atoms with Gasteiger partial charge in [0.05, 0.1) is 0 Å². The normalized spacial score (nSPS) is 12.4. The van der Waals surface area contributed by atoms with Gasteiger partial charge in [-0.15, -0.1) is 0 Å². The van der Waals surface area contributed by atoms with Crippen LogP contribution in [0, 0.1) is 13.8 Å². The number of benzene rings is 2. The van der Waals surface area contributed by atoms with Crippen LogP contribution in [-0.2, 0) is 6.42 Å². The number of hydrogen-bond acceptors (Lipinski definition) is 1. The van der Waals surface area contributed by atoms with Crippen LogP contribution in [0.4, 0.5) is 0 Å². The van der Waals surface area contributed by atoms with Crippen molar-refractivity contribution in [2.75, 3.05) is 0 Å². The Morgan fingerprint density at radius 3 is 2.44 bits per heavy atom. The average molecular weight is 304 g/mol. The SMILES string of the molecule is Cc1cc(C)c(Br)c(C(N)Cc2ccccc2)c1. The van der Waals surface area contributed by atoms with E-state index in [0.717, 1.165) is 10.9 Å². The predicted octanol–water partition coefficient (Wildman–Crippen LogP) is 4.31. The Balaban J connectivity index is 2.26. The summed E-state index contributed by atoms with van der Waals surface area (Å²) in [6, 6.07) is 14.7. The van der Waals surface area contributed by atoms with Crippen molar-refractivity contribution in [3.8, 4) is 0 Å². The van der Waals surface area contributed by atoms with Gasteiger partial charge in [-0.2, -0.15) is 0 Å². The number of aryl methyl sites for hydroxylation is 2. The minimum Gasteiger partial charge on any atom is -0.324 e. The van der Waals surface area contributed by atoms with E-state index in [0.29, 0.717) is 0 Å². The van der Waals surface area contributed by atoms with Crippen molar-refractivity contribution >= 4 is 15.9 Å². The third-order valence-corrected chi connectivity index (χ3v) is 4.21. The summed E-state index contributed by atoms with van der Waals surface area (Å²) >= 11 is 3.65. The van der Waals surface area contributed by atoms with Crippen LogP contribution in [-0.4, -0.2) is 0 Å². The molecule has 0 heterocycles. The van der Waals surface area contributed by atoms with Gasteiger partial charge in [0, 0.05) is 10.5 Å². The average Bonchev–Trinajstić information content (AvgIpc) is 2.35.